The minimum Gasteiger partial charge on any atom is -0.478 e. The molecule has 0 aliphatic heterocycles. The Hall–Kier alpha value is -2.10. The summed E-state index contributed by atoms with van der Waals surface area (Å²) < 4.78 is 0. The van der Waals surface area contributed by atoms with Crippen LogP contribution in [0.15, 0.2) is 35.9 Å². The largest absolute Gasteiger partial charge is 0.478 e. The molecule has 2 N–H and O–H groups in total. The number of para-hydroxylation sites is 1. The zero-order valence-corrected chi connectivity index (χ0v) is 9.15. The smallest absolute Gasteiger partial charge is 0.331 e. The van der Waals surface area contributed by atoms with E-state index in [1.165, 1.54) is 6.92 Å². The van der Waals surface area contributed by atoms with Crippen molar-refractivity contribution in [3.8, 4) is 0 Å². The van der Waals surface area contributed by atoms with Gasteiger partial charge in [-0.2, -0.15) is 0 Å². The van der Waals surface area contributed by atoms with Gasteiger partial charge in [0, 0.05) is 17.3 Å². The van der Waals surface area contributed by atoms with Crippen LogP contribution in [0.3, 0.4) is 0 Å². The lowest BCUT2D eigenvalue weighted by atomic mass is 10.2. The summed E-state index contributed by atoms with van der Waals surface area (Å²) in [5, 5.41) is 11.2. The number of aliphatic carboxylic acids is 1. The predicted octanol–water partition coefficient (Wildman–Crippen LogP) is 1.96. The minimum absolute atomic E-state index is 0.00563. The van der Waals surface area contributed by atoms with E-state index in [9.17, 15) is 9.59 Å². The molecule has 4 heteroatoms. The summed E-state index contributed by atoms with van der Waals surface area (Å²) in [4.78, 5) is 21.9. The van der Waals surface area contributed by atoms with Gasteiger partial charge in [0.2, 0.25) is 5.91 Å². The molecule has 0 radical (unpaired) electrons. The number of nitrogens with one attached hydrogen (secondary N) is 1. The summed E-state index contributed by atoms with van der Waals surface area (Å²) in [6.07, 6.45) is 1.06. The van der Waals surface area contributed by atoms with Crippen molar-refractivity contribution < 1.29 is 14.7 Å². The van der Waals surface area contributed by atoms with E-state index in [0.29, 0.717) is 5.69 Å². The van der Waals surface area contributed by atoms with Gasteiger partial charge < -0.3 is 10.4 Å². The molecule has 0 unspecified atom stereocenters. The number of amides is 1. The highest BCUT2D eigenvalue weighted by molar-refractivity contribution is 6.04. The van der Waals surface area contributed by atoms with Crippen molar-refractivity contribution in [1.29, 1.82) is 0 Å². The lowest BCUT2D eigenvalue weighted by Crippen LogP contribution is -2.11. The van der Waals surface area contributed by atoms with Crippen molar-refractivity contribution >= 4 is 17.6 Å². The van der Waals surface area contributed by atoms with Crippen LogP contribution in [-0.2, 0) is 9.59 Å². The SMILES string of the molecule is C/C(=C\C(=O)Nc1ccccc1C)C(=O)O. The third kappa shape index (κ3) is 3.24. The number of carboxylic acids is 1. The molecule has 0 atom stereocenters. The second kappa shape index (κ2) is 5.11. The summed E-state index contributed by atoms with van der Waals surface area (Å²) >= 11 is 0. The zero-order valence-electron chi connectivity index (χ0n) is 9.15. The fourth-order valence-electron chi connectivity index (χ4n) is 1.14. The van der Waals surface area contributed by atoms with Gasteiger partial charge in [-0.1, -0.05) is 18.2 Å². The van der Waals surface area contributed by atoms with Crippen molar-refractivity contribution in [3.05, 3.63) is 41.5 Å². The highest BCUT2D eigenvalue weighted by Crippen LogP contribution is 2.13. The Labute approximate surface area is 93.6 Å². The van der Waals surface area contributed by atoms with Gasteiger partial charge in [0.25, 0.3) is 0 Å². The number of anilines is 1. The number of rotatable bonds is 3. The third-order valence-electron chi connectivity index (χ3n) is 2.09. The van der Waals surface area contributed by atoms with Crippen molar-refractivity contribution in [3.63, 3.8) is 0 Å². The maximum atomic E-state index is 11.4. The van der Waals surface area contributed by atoms with Crippen LogP contribution >= 0.6 is 0 Å². The average molecular weight is 219 g/mol. The molecule has 0 saturated carbocycles. The predicted molar refractivity (Wildman–Crippen MR) is 61.2 cm³/mol. The van der Waals surface area contributed by atoms with Gasteiger partial charge in [-0.05, 0) is 25.5 Å². The van der Waals surface area contributed by atoms with E-state index < -0.39 is 11.9 Å². The van der Waals surface area contributed by atoms with Crippen molar-refractivity contribution in [1.82, 2.24) is 0 Å². The van der Waals surface area contributed by atoms with Crippen LogP contribution in [0.1, 0.15) is 12.5 Å². The third-order valence-corrected chi connectivity index (χ3v) is 2.09. The lowest BCUT2D eigenvalue weighted by molar-refractivity contribution is -0.132. The number of hydrogen-bond donors (Lipinski definition) is 2. The van der Waals surface area contributed by atoms with E-state index >= 15 is 0 Å². The Bertz CT molecular complexity index is 449. The van der Waals surface area contributed by atoms with E-state index in [0.717, 1.165) is 11.6 Å². The molecule has 84 valence electrons. The van der Waals surface area contributed by atoms with Crippen LogP contribution in [0.2, 0.25) is 0 Å². The Balaban J connectivity index is 2.77. The molecule has 1 aromatic rings. The summed E-state index contributed by atoms with van der Waals surface area (Å²) in [7, 11) is 0. The molecule has 0 bridgehead atoms. The monoisotopic (exact) mass is 219 g/mol. The van der Waals surface area contributed by atoms with Gasteiger partial charge in [0.05, 0.1) is 0 Å². The van der Waals surface area contributed by atoms with Crippen LogP contribution < -0.4 is 5.32 Å². The first kappa shape index (κ1) is 12.0. The van der Waals surface area contributed by atoms with Crippen LogP contribution in [0.25, 0.3) is 0 Å². The maximum absolute atomic E-state index is 11.4. The first-order valence-electron chi connectivity index (χ1n) is 4.79. The number of aryl methyl sites for hydroxylation is 1. The van der Waals surface area contributed by atoms with Gasteiger partial charge in [0.1, 0.15) is 0 Å². The Morgan fingerprint density at radius 1 is 1.31 bits per heavy atom. The molecule has 0 fully saturated rings. The van der Waals surface area contributed by atoms with E-state index in [1.54, 1.807) is 12.1 Å². The molecular formula is C12H13NO3. The van der Waals surface area contributed by atoms with Gasteiger partial charge in [-0.3, -0.25) is 4.79 Å². The molecule has 1 rings (SSSR count). The molecule has 16 heavy (non-hydrogen) atoms. The number of hydrogen-bond acceptors (Lipinski definition) is 2. The zero-order chi connectivity index (χ0) is 12.1. The van der Waals surface area contributed by atoms with Crippen molar-refractivity contribution in [2.45, 2.75) is 13.8 Å². The van der Waals surface area contributed by atoms with Crippen molar-refractivity contribution in [2.75, 3.05) is 5.32 Å². The van der Waals surface area contributed by atoms with Crippen molar-refractivity contribution in [2.24, 2.45) is 0 Å². The van der Waals surface area contributed by atoms with Gasteiger partial charge in [0.15, 0.2) is 0 Å². The topological polar surface area (TPSA) is 66.4 Å². The first-order valence-corrected chi connectivity index (χ1v) is 4.79. The number of carbonyl (C=O) groups excluding carboxylic acids is 1. The molecule has 0 aliphatic rings. The Morgan fingerprint density at radius 2 is 1.94 bits per heavy atom. The molecule has 4 nitrogen and oxygen atoms in total. The minimum atomic E-state index is -1.10. The number of carboxylic acid groups (broad SMARTS) is 1. The molecule has 0 spiro atoms. The van der Waals surface area contributed by atoms with Gasteiger partial charge in [-0.25, -0.2) is 4.79 Å². The highest BCUT2D eigenvalue weighted by atomic mass is 16.4. The second-order valence-electron chi connectivity index (χ2n) is 3.44. The lowest BCUT2D eigenvalue weighted by Gasteiger charge is -2.05. The summed E-state index contributed by atoms with van der Waals surface area (Å²) in [6, 6.07) is 7.29. The van der Waals surface area contributed by atoms with E-state index in [2.05, 4.69) is 5.32 Å². The first-order chi connectivity index (χ1) is 7.50. The standard InChI is InChI=1S/C12H13NO3/c1-8-5-3-4-6-10(8)13-11(14)7-9(2)12(15)16/h3-7H,1-2H3,(H,13,14)(H,15,16)/b9-7+. The van der Waals surface area contributed by atoms with Crippen LogP contribution in [-0.4, -0.2) is 17.0 Å². The van der Waals surface area contributed by atoms with Crippen LogP contribution in [0.5, 0.6) is 0 Å². The Morgan fingerprint density at radius 3 is 2.50 bits per heavy atom. The summed E-state index contributed by atoms with van der Waals surface area (Å²) in [5.74, 6) is -1.53. The molecule has 1 aromatic carbocycles. The van der Waals surface area contributed by atoms with Crippen LogP contribution in [0.4, 0.5) is 5.69 Å². The van der Waals surface area contributed by atoms with E-state index in [-0.39, 0.29) is 5.57 Å². The number of benzene rings is 1. The fraction of sp³-hybridized carbons (Fsp3) is 0.167. The van der Waals surface area contributed by atoms with E-state index in [4.69, 9.17) is 5.11 Å². The van der Waals surface area contributed by atoms with Gasteiger partial charge in [-0.15, -0.1) is 0 Å². The van der Waals surface area contributed by atoms with E-state index in [1.807, 2.05) is 19.1 Å². The highest BCUT2D eigenvalue weighted by Gasteiger charge is 2.05. The normalized spacial score (nSPS) is 11.0. The molecule has 1 amide bonds. The fourth-order valence-corrected chi connectivity index (χ4v) is 1.14. The van der Waals surface area contributed by atoms with Gasteiger partial charge >= 0.3 is 5.97 Å². The maximum Gasteiger partial charge on any atom is 0.331 e. The molecule has 0 aromatic heterocycles. The van der Waals surface area contributed by atoms with Crippen LogP contribution in [0, 0.1) is 6.92 Å². The summed E-state index contributed by atoms with van der Waals surface area (Å²) in [5.41, 5.74) is 1.62. The molecule has 0 heterocycles. The molecule has 0 aliphatic carbocycles. The second-order valence-corrected chi connectivity index (χ2v) is 3.44. The number of carbonyl (C=O) groups is 2. The molecule has 0 saturated heterocycles. The average Bonchev–Trinajstić information content (AvgIpc) is 2.21. The Kier molecular flexibility index (Phi) is 3.83. The quantitative estimate of drug-likeness (QED) is 0.764. The summed E-state index contributed by atoms with van der Waals surface area (Å²) in [6.45, 7) is 3.24. The molecular weight excluding hydrogens is 206 g/mol.